The van der Waals surface area contributed by atoms with Crippen LogP contribution in [0.3, 0.4) is 0 Å². The highest BCUT2D eigenvalue weighted by atomic mass is 79.9. The highest BCUT2D eigenvalue weighted by molar-refractivity contribution is 9.10. The molecule has 0 bridgehead atoms. The second-order valence-electron chi connectivity index (χ2n) is 1.94. The zero-order valence-electron chi connectivity index (χ0n) is 5.68. The number of nitrogens with two attached hydrogens (primary N) is 1. The van der Waals surface area contributed by atoms with Crippen molar-refractivity contribution in [2.45, 2.75) is 0 Å². The van der Waals surface area contributed by atoms with E-state index in [2.05, 4.69) is 20.7 Å². The molecule has 2 N–H and O–H groups in total. The van der Waals surface area contributed by atoms with E-state index in [4.69, 9.17) is 5.73 Å². The maximum Gasteiger partial charge on any atom is 0.228 e. The van der Waals surface area contributed by atoms with Crippen molar-refractivity contribution < 1.29 is 9.13 Å². The first-order valence-electron chi connectivity index (χ1n) is 2.98. The topological polar surface area (TPSA) is 35.2 Å². The Morgan fingerprint density at radius 2 is 2.27 bits per heavy atom. The molecule has 11 heavy (non-hydrogen) atoms. The Morgan fingerprint density at radius 3 is 2.82 bits per heavy atom. The van der Waals surface area contributed by atoms with Crippen LogP contribution < -0.4 is 10.5 Å². The van der Waals surface area contributed by atoms with Crippen molar-refractivity contribution in [3.8, 4) is 5.75 Å². The lowest BCUT2D eigenvalue weighted by molar-refractivity contribution is 0.191. The summed E-state index contributed by atoms with van der Waals surface area (Å²) in [6, 6.07) is 4.88. The molecule has 1 aromatic carbocycles. The number of hydrogen-bond acceptors (Lipinski definition) is 2. The molecule has 0 unspecified atom stereocenters. The number of benzene rings is 1. The number of anilines is 1. The Labute approximate surface area is 72.3 Å². The van der Waals surface area contributed by atoms with Crippen molar-refractivity contribution in [2.24, 2.45) is 0 Å². The molecule has 0 atom stereocenters. The Morgan fingerprint density at radius 1 is 1.55 bits per heavy atom. The molecule has 4 heteroatoms. The normalized spacial score (nSPS) is 9.64. The van der Waals surface area contributed by atoms with Gasteiger partial charge in [0.15, 0.2) is 0 Å². The van der Waals surface area contributed by atoms with Crippen LogP contribution in [0.1, 0.15) is 0 Å². The molecule has 0 fully saturated rings. The van der Waals surface area contributed by atoms with Crippen LogP contribution in [-0.2, 0) is 0 Å². The van der Waals surface area contributed by atoms with Crippen molar-refractivity contribution in [3.05, 3.63) is 22.7 Å². The average Bonchev–Trinajstić information content (AvgIpc) is 1.98. The number of rotatable bonds is 2. The molecule has 0 amide bonds. The van der Waals surface area contributed by atoms with Gasteiger partial charge in [-0.15, -0.1) is 0 Å². The van der Waals surface area contributed by atoms with Crippen LogP contribution >= 0.6 is 15.9 Å². The zero-order chi connectivity index (χ0) is 8.27. The van der Waals surface area contributed by atoms with Crippen LogP contribution in [0.5, 0.6) is 5.75 Å². The summed E-state index contributed by atoms with van der Waals surface area (Å²) < 4.78 is 16.9. The van der Waals surface area contributed by atoms with E-state index >= 15 is 0 Å². The quantitative estimate of drug-likeness (QED) is 0.776. The molecule has 1 rings (SSSR count). The molecule has 0 aliphatic rings. The Bertz CT molecular complexity index is 254. The second-order valence-corrected chi connectivity index (χ2v) is 2.79. The Hall–Kier alpha value is -0.770. The van der Waals surface area contributed by atoms with Crippen LogP contribution in [0.2, 0.25) is 0 Å². The molecule has 0 radical (unpaired) electrons. The summed E-state index contributed by atoms with van der Waals surface area (Å²) in [5.74, 6) is 0.466. The minimum Gasteiger partial charge on any atom is -0.463 e. The predicted molar refractivity (Wildman–Crippen MR) is 45.2 cm³/mol. The van der Waals surface area contributed by atoms with E-state index in [-0.39, 0.29) is 0 Å². The fourth-order valence-electron chi connectivity index (χ4n) is 0.661. The summed E-state index contributed by atoms with van der Waals surface area (Å²) in [6.45, 7) is -0.823. The molecule has 0 aliphatic carbocycles. The van der Waals surface area contributed by atoms with E-state index in [1.54, 1.807) is 18.2 Å². The minimum atomic E-state index is -0.823. The first kappa shape index (κ1) is 8.33. The van der Waals surface area contributed by atoms with E-state index < -0.39 is 6.86 Å². The third-order valence-electron chi connectivity index (χ3n) is 1.19. The molecular formula is C7H7BrFNO. The summed E-state index contributed by atoms with van der Waals surface area (Å²) in [6.07, 6.45) is 0. The van der Waals surface area contributed by atoms with E-state index in [0.717, 1.165) is 0 Å². The van der Waals surface area contributed by atoms with Crippen LogP contribution in [0, 0.1) is 0 Å². The van der Waals surface area contributed by atoms with E-state index in [0.29, 0.717) is 15.9 Å². The number of hydrogen-bond donors (Lipinski definition) is 1. The van der Waals surface area contributed by atoms with Gasteiger partial charge in [-0.1, -0.05) is 0 Å². The lowest BCUT2D eigenvalue weighted by Gasteiger charge is -2.02. The standard InChI is InChI=1S/C7H7BrFNO/c8-6-3-5(11-4-9)1-2-7(6)10/h1-3H,4,10H2. The zero-order valence-corrected chi connectivity index (χ0v) is 7.27. The van der Waals surface area contributed by atoms with Gasteiger partial charge in [0.1, 0.15) is 5.75 Å². The number of halogens is 2. The fourth-order valence-corrected chi connectivity index (χ4v) is 1.02. The second kappa shape index (κ2) is 3.57. The van der Waals surface area contributed by atoms with E-state index in [9.17, 15) is 4.39 Å². The third kappa shape index (κ3) is 2.08. The first-order chi connectivity index (χ1) is 5.24. The largest absolute Gasteiger partial charge is 0.463 e. The number of ether oxygens (including phenoxy) is 1. The summed E-state index contributed by atoms with van der Waals surface area (Å²) in [7, 11) is 0. The predicted octanol–water partition coefficient (Wildman–Crippen LogP) is 2.34. The van der Waals surface area contributed by atoms with Crippen molar-refractivity contribution in [3.63, 3.8) is 0 Å². The number of nitrogen functional groups attached to an aromatic ring is 1. The van der Waals surface area contributed by atoms with Gasteiger partial charge in [0.05, 0.1) is 0 Å². The van der Waals surface area contributed by atoms with Gasteiger partial charge in [0, 0.05) is 10.2 Å². The highest BCUT2D eigenvalue weighted by Crippen LogP contribution is 2.24. The lowest BCUT2D eigenvalue weighted by Crippen LogP contribution is -1.91. The Balaban J connectivity index is 2.86. The van der Waals surface area contributed by atoms with Gasteiger partial charge in [0.25, 0.3) is 0 Å². The van der Waals surface area contributed by atoms with Crippen molar-refractivity contribution >= 4 is 21.6 Å². The maximum atomic E-state index is 11.6. The fraction of sp³-hybridized carbons (Fsp3) is 0.143. The SMILES string of the molecule is Nc1ccc(OCF)cc1Br. The molecule has 1 aromatic rings. The van der Waals surface area contributed by atoms with Crippen LogP contribution in [-0.4, -0.2) is 6.86 Å². The highest BCUT2D eigenvalue weighted by Gasteiger charge is 1.97. The molecular weight excluding hydrogens is 213 g/mol. The van der Waals surface area contributed by atoms with Crippen molar-refractivity contribution in [1.82, 2.24) is 0 Å². The van der Waals surface area contributed by atoms with Gasteiger partial charge in [-0.25, -0.2) is 4.39 Å². The van der Waals surface area contributed by atoms with E-state index in [1.165, 1.54) is 0 Å². The minimum absolute atomic E-state index is 0.466. The average molecular weight is 220 g/mol. The van der Waals surface area contributed by atoms with E-state index in [1.807, 2.05) is 0 Å². The number of alkyl halides is 1. The van der Waals surface area contributed by atoms with Gasteiger partial charge in [0.2, 0.25) is 6.86 Å². The molecule has 0 aromatic heterocycles. The molecule has 0 saturated carbocycles. The summed E-state index contributed by atoms with van der Waals surface area (Å²) in [5.41, 5.74) is 6.10. The summed E-state index contributed by atoms with van der Waals surface area (Å²) in [5, 5.41) is 0. The van der Waals surface area contributed by atoms with Gasteiger partial charge in [-0.05, 0) is 34.1 Å². The van der Waals surface area contributed by atoms with Crippen LogP contribution in [0.4, 0.5) is 10.1 Å². The van der Waals surface area contributed by atoms with Gasteiger partial charge in [-0.2, -0.15) is 0 Å². The summed E-state index contributed by atoms with van der Waals surface area (Å²) >= 11 is 3.19. The smallest absolute Gasteiger partial charge is 0.228 e. The summed E-state index contributed by atoms with van der Waals surface area (Å²) in [4.78, 5) is 0. The van der Waals surface area contributed by atoms with Crippen LogP contribution in [0.15, 0.2) is 22.7 Å². The molecule has 2 nitrogen and oxygen atoms in total. The molecule has 0 heterocycles. The monoisotopic (exact) mass is 219 g/mol. The molecule has 0 spiro atoms. The van der Waals surface area contributed by atoms with Gasteiger partial charge >= 0.3 is 0 Å². The van der Waals surface area contributed by atoms with Crippen molar-refractivity contribution in [2.75, 3.05) is 12.6 Å². The molecule has 60 valence electrons. The van der Waals surface area contributed by atoms with Crippen LogP contribution in [0.25, 0.3) is 0 Å². The molecule has 0 saturated heterocycles. The molecule has 0 aliphatic heterocycles. The third-order valence-corrected chi connectivity index (χ3v) is 1.88. The first-order valence-corrected chi connectivity index (χ1v) is 3.77. The van der Waals surface area contributed by atoms with Gasteiger partial charge in [-0.3, -0.25) is 0 Å². The van der Waals surface area contributed by atoms with Crippen molar-refractivity contribution in [1.29, 1.82) is 0 Å². The maximum absolute atomic E-state index is 11.6. The lowest BCUT2D eigenvalue weighted by atomic mass is 10.3. The Kier molecular flexibility index (Phi) is 2.70. The van der Waals surface area contributed by atoms with Gasteiger partial charge < -0.3 is 10.5 Å².